The smallest absolute Gasteiger partial charge is 0.246 e. The van der Waals surface area contributed by atoms with Crippen LogP contribution in [0.4, 0.5) is 0 Å². The molecule has 4 atom stereocenters. The molecule has 0 spiro atoms. The fourth-order valence-electron chi connectivity index (χ4n) is 3.24. The number of piperazine rings is 1. The van der Waals surface area contributed by atoms with Gasteiger partial charge in [-0.1, -0.05) is 27.7 Å². The minimum atomic E-state index is -0.439. The first-order valence-electron chi connectivity index (χ1n) is 7.98. The maximum atomic E-state index is 12.9. The van der Waals surface area contributed by atoms with Gasteiger partial charge in [0.25, 0.3) is 0 Å². The Hall–Kier alpha value is -1.10. The normalized spacial score (nSPS) is 34.2. The lowest BCUT2D eigenvalue weighted by molar-refractivity contribution is -0.153. The van der Waals surface area contributed by atoms with Crippen LogP contribution in [0.15, 0.2) is 0 Å². The third-order valence-corrected chi connectivity index (χ3v) is 4.71. The molecule has 5 nitrogen and oxygen atoms in total. The van der Waals surface area contributed by atoms with Crippen LogP contribution in [0.5, 0.6) is 0 Å². The lowest BCUT2D eigenvalue weighted by Gasteiger charge is -2.44. The van der Waals surface area contributed by atoms with Crippen LogP contribution >= 0.6 is 0 Å². The number of carbonyl (C=O) groups is 2. The van der Waals surface area contributed by atoms with E-state index in [0.717, 1.165) is 13.0 Å². The maximum absolute atomic E-state index is 12.9. The predicted molar refractivity (Wildman–Crippen MR) is 80.7 cm³/mol. The average Bonchev–Trinajstić information content (AvgIpc) is 2.78. The third-order valence-electron chi connectivity index (χ3n) is 4.71. The Labute approximate surface area is 127 Å². The van der Waals surface area contributed by atoms with Crippen molar-refractivity contribution in [3.63, 3.8) is 0 Å². The molecule has 0 radical (unpaired) electrons. The molecule has 2 saturated heterocycles. The Morgan fingerprint density at radius 1 is 1.33 bits per heavy atom. The number of amides is 2. The van der Waals surface area contributed by atoms with Gasteiger partial charge in [0.1, 0.15) is 12.1 Å². The molecule has 21 heavy (non-hydrogen) atoms. The predicted octanol–water partition coefficient (Wildman–Crippen LogP) is 1.56. The first-order valence-corrected chi connectivity index (χ1v) is 7.98. The van der Waals surface area contributed by atoms with Gasteiger partial charge in [-0.15, -0.1) is 0 Å². The van der Waals surface area contributed by atoms with Crippen molar-refractivity contribution in [2.75, 3.05) is 13.2 Å². The van der Waals surface area contributed by atoms with Crippen molar-refractivity contribution in [3.05, 3.63) is 0 Å². The lowest BCUT2D eigenvalue weighted by atomic mass is 9.83. The molecule has 0 aliphatic carbocycles. The third kappa shape index (κ3) is 3.23. The molecule has 0 saturated carbocycles. The second-order valence-electron chi connectivity index (χ2n) is 7.35. The Morgan fingerprint density at radius 2 is 2.00 bits per heavy atom. The summed E-state index contributed by atoms with van der Waals surface area (Å²) in [7, 11) is 0. The highest BCUT2D eigenvalue weighted by atomic mass is 16.5. The second kappa shape index (κ2) is 5.95. The first-order chi connectivity index (χ1) is 9.75. The molecule has 2 aliphatic heterocycles. The molecule has 2 aliphatic rings. The van der Waals surface area contributed by atoms with Crippen LogP contribution < -0.4 is 5.32 Å². The molecule has 2 rings (SSSR count). The van der Waals surface area contributed by atoms with Gasteiger partial charge in [-0.2, -0.15) is 0 Å². The molecule has 0 aromatic rings. The van der Waals surface area contributed by atoms with Gasteiger partial charge >= 0.3 is 0 Å². The highest BCUT2D eigenvalue weighted by Gasteiger charge is 2.45. The van der Waals surface area contributed by atoms with Gasteiger partial charge in [0, 0.05) is 19.1 Å². The Bertz CT molecular complexity index is 416. The van der Waals surface area contributed by atoms with Crippen LogP contribution in [0.3, 0.4) is 0 Å². The molecular formula is C16H28N2O3. The van der Waals surface area contributed by atoms with E-state index in [4.69, 9.17) is 4.74 Å². The van der Waals surface area contributed by atoms with Gasteiger partial charge in [-0.25, -0.2) is 0 Å². The molecular weight excluding hydrogens is 268 g/mol. The van der Waals surface area contributed by atoms with Crippen LogP contribution in [0.1, 0.15) is 47.5 Å². The maximum Gasteiger partial charge on any atom is 0.246 e. The zero-order chi connectivity index (χ0) is 15.8. The van der Waals surface area contributed by atoms with Crippen molar-refractivity contribution in [1.29, 1.82) is 0 Å². The topological polar surface area (TPSA) is 58.6 Å². The number of hydrogen-bond donors (Lipinski definition) is 1. The summed E-state index contributed by atoms with van der Waals surface area (Å²) in [5.74, 6) is 0.353. The zero-order valence-electron chi connectivity index (χ0n) is 13.8. The van der Waals surface area contributed by atoms with Crippen LogP contribution in [0.2, 0.25) is 0 Å². The fourth-order valence-corrected chi connectivity index (χ4v) is 3.24. The van der Waals surface area contributed by atoms with E-state index >= 15 is 0 Å². The summed E-state index contributed by atoms with van der Waals surface area (Å²) in [6.45, 7) is 11.3. The number of carbonyl (C=O) groups excluding carboxylic acids is 2. The van der Waals surface area contributed by atoms with Crippen LogP contribution in [0, 0.1) is 11.3 Å². The van der Waals surface area contributed by atoms with E-state index in [1.54, 1.807) is 4.90 Å². The summed E-state index contributed by atoms with van der Waals surface area (Å²) in [5.41, 5.74) is -0.276. The second-order valence-corrected chi connectivity index (χ2v) is 7.35. The van der Waals surface area contributed by atoms with Crippen molar-refractivity contribution < 1.29 is 14.3 Å². The molecule has 5 heteroatoms. The number of ether oxygens (including phenoxy) is 1. The van der Waals surface area contributed by atoms with Crippen molar-refractivity contribution in [2.24, 2.45) is 11.3 Å². The summed E-state index contributed by atoms with van der Waals surface area (Å²) in [6.07, 6.45) is 1.77. The van der Waals surface area contributed by atoms with Crippen molar-refractivity contribution in [3.8, 4) is 0 Å². The van der Waals surface area contributed by atoms with Crippen LogP contribution in [0.25, 0.3) is 0 Å². The first kappa shape index (κ1) is 16.3. The minimum Gasteiger partial charge on any atom is -0.378 e. The molecule has 2 heterocycles. The summed E-state index contributed by atoms with van der Waals surface area (Å²) >= 11 is 0. The van der Waals surface area contributed by atoms with E-state index in [-0.39, 0.29) is 29.4 Å². The summed E-state index contributed by atoms with van der Waals surface area (Å²) in [4.78, 5) is 27.0. The Balaban J connectivity index is 2.20. The number of nitrogens with one attached hydrogen (secondary N) is 1. The molecule has 0 aromatic heterocycles. The Kier molecular flexibility index (Phi) is 4.61. The Morgan fingerprint density at radius 3 is 2.48 bits per heavy atom. The van der Waals surface area contributed by atoms with Gasteiger partial charge in [0.05, 0.1) is 6.10 Å². The summed E-state index contributed by atoms with van der Waals surface area (Å²) in [5, 5.41) is 2.91. The highest BCUT2D eigenvalue weighted by Crippen LogP contribution is 2.29. The van der Waals surface area contributed by atoms with E-state index in [9.17, 15) is 9.59 Å². The average molecular weight is 296 g/mol. The molecule has 120 valence electrons. The molecule has 1 N–H and O–H groups in total. The van der Waals surface area contributed by atoms with Crippen molar-refractivity contribution in [1.82, 2.24) is 10.2 Å². The van der Waals surface area contributed by atoms with Crippen molar-refractivity contribution >= 4 is 11.8 Å². The van der Waals surface area contributed by atoms with Crippen molar-refractivity contribution in [2.45, 2.75) is 65.6 Å². The lowest BCUT2D eigenvalue weighted by Crippen LogP contribution is -2.67. The SMILES string of the molecule is CCC1C(=O)NC(C(C)(C)C)C(=O)N1CC1CCOC1C. The number of rotatable bonds is 3. The van der Waals surface area contributed by atoms with E-state index in [2.05, 4.69) is 5.32 Å². The van der Waals surface area contributed by atoms with Crippen LogP contribution in [-0.4, -0.2) is 48.1 Å². The summed E-state index contributed by atoms with van der Waals surface area (Å²) in [6, 6.07) is -0.783. The minimum absolute atomic E-state index is 0.0245. The van der Waals surface area contributed by atoms with E-state index in [0.29, 0.717) is 18.9 Å². The molecule has 2 amide bonds. The molecule has 4 unspecified atom stereocenters. The molecule has 0 aromatic carbocycles. The highest BCUT2D eigenvalue weighted by molar-refractivity contribution is 5.97. The fraction of sp³-hybridized carbons (Fsp3) is 0.875. The quantitative estimate of drug-likeness (QED) is 0.860. The van der Waals surface area contributed by atoms with E-state index in [1.165, 1.54) is 0 Å². The largest absolute Gasteiger partial charge is 0.378 e. The van der Waals surface area contributed by atoms with Gasteiger partial charge in [-0.05, 0) is 25.2 Å². The van der Waals surface area contributed by atoms with Crippen LogP contribution in [-0.2, 0) is 14.3 Å². The standard InChI is InChI=1S/C16H28N2O3/c1-6-12-14(19)17-13(16(3,4)5)15(20)18(12)9-11-7-8-21-10(11)2/h10-13H,6-9H2,1-5H3,(H,17,19). The van der Waals surface area contributed by atoms with Gasteiger partial charge in [-0.3, -0.25) is 9.59 Å². The van der Waals surface area contributed by atoms with E-state index in [1.807, 2.05) is 34.6 Å². The number of nitrogens with zero attached hydrogens (tertiary/aromatic N) is 1. The summed E-state index contributed by atoms with van der Waals surface area (Å²) < 4.78 is 5.59. The van der Waals surface area contributed by atoms with E-state index < -0.39 is 6.04 Å². The van der Waals surface area contributed by atoms with Gasteiger partial charge in [0.15, 0.2) is 0 Å². The monoisotopic (exact) mass is 296 g/mol. The van der Waals surface area contributed by atoms with Gasteiger partial charge < -0.3 is 15.0 Å². The zero-order valence-corrected chi connectivity index (χ0v) is 13.8. The number of hydrogen-bond acceptors (Lipinski definition) is 3. The molecule has 0 bridgehead atoms. The van der Waals surface area contributed by atoms with Gasteiger partial charge in [0.2, 0.25) is 11.8 Å². The molecule has 2 fully saturated rings.